The SMILES string of the molecule is CC(CCCO)NC(=O)c1cn[nH]c1. The highest BCUT2D eigenvalue weighted by Crippen LogP contribution is 1.99. The number of amides is 1. The van der Waals surface area contributed by atoms with Gasteiger partial charge in [0.15, 0.2) is 0 Å². The zero-order valence-corrected chi connectivity index (χ0v) is 8.16. The minimum absolute atomic E-state index is 0.0737. The van der Waals surface area contributed by atoms with Crippen molar-refractivity contribution < 1.29 is 9.90 Å². The van der Waals surface area contributed by atoms with Crippen molar-refractivity contribution in [3.8, 4) is 0 Å². The Balaban J connectivity index is 2.34. The van der Waals surface area contributed by atoms with E-state index in [0.717, 1.165) is 6.42 Å². The maximum absolute atomic E-state index is 11.4. The smallest absolute Gasteiger partial charge is 0.254 e. The Labute approximate surface area is 82.5 Å². The summed E-state index contributed by atoms with van der Waals surface area (Å²) in [5.41, 5.74) is 0.529. The standard InChI is InChI=1S/C9H15N3O2/c1-7(3-2-4-13)12-9(14)8-5-10-11-6-8/h5-7,13H,2-4H2,1H3,(H,10,11)(H,12,14). The van der Waals surface area contributed by atoms with Gasteiger partial charge in [0.2, 0.25) is 0 Å². The van der Waals surface area contributed by atoms with E-state index in [9.17, 15) is 4.79 Å². The second-order valence-corrected chi connectivity index (χ2v) is 3.23. The zero-order valence-electron chi connectivity index (χ0n) is 8.16. The summed E-state index contributed by atoms with van der Waals surface area (Å²) in [7, 11) is 0. The molecule has 1 unspecified atom stereocenters. The summed E-state index contributed by atoms with van der Waals surface area (Å²) < 4.78 is 0. The average Bonchev–Trinajstić information content (AvgIpc) is 2.67. The lowest BCUT2D eigenvalue weighted by Gasteiger charge is -2.11. The zero-order chi connectivity index (χ0) is 10.4. The van der Waals surface area contributed by atoms with Gasteiger partial charge in [-0.05, 0) is 19.8 Å². The molecule has 1 heterocycles. The van der Waals surface area contributed by atoms with Gasteiger partial charge >= 0.3 is 0 Å². The molecule has 5 heteroatoms. The summed E-state index contributed by atoms with van der Waals surface area (Å²) in [5.74, 6) is -0.135. The number of hydrogen-bond acceptors (Lipinski definition) is 3. The number of aromatic nitrogens is 2. The molecule has 1 rings (SSSR count). The number of aromatic amines is 1. The molecule has 0 radical (unpaired) electrons. The number of nitrogens with one attached hydrogen (secondary N) is 2. The summed E-state index contributed by atoms with van der Waals surface area (Å²) in [4.78, 5) is 11.4. The summed E-state index contributed by atoms with van der Waals surface area (Å²) in [6.45, 7) is 2.07. The highest BCUT2D eigenvalue weighted by molar-refractivity contribution is 5.93. The van der Waals surface area contributed by atoms with E-state index in [1.54, 1.807) is 6.20 Å². The van der Waals surface area contributed by atoms with Gasteiger partial charge in [-0.15, -0.1) is 0 Å². The minimum atomic E-state index is -0.135. The maximum Gasteiger partial charge on any atom is 0.254 e. The molecular weight excluding hydrogens is 182 g/mol. The van der Waals surface area contributed by atoms with Crippen molar-refractivity contribution in [3.05, 3.63) is 18.0 Å². The van der Waals surface area contributed by atoms with Crippen LogP contribution in [0.1, 0.15) is 30.1 Å². The minimum Gasteiger partial charge on any atom is -0.396 e. The number of H-pyrrole nitrogens is 1. The van der Waals surface area contributed by atoms with E-state index in [0.29, 0.717) is 12.0 Å². The van der Waals surface area contributed by atoms with Crippen molar-refractivity contribution in [1.29, 1.82) is 0 Å². The number of carbonyl (C=O) groups is 1. The molecule has 0 saturated carbocycles. The maximum atomic E-state index is 11.4. The Morgan fingerprint density at radius 3 is 3.14 bits per heavy atom. The van der Waals surface area contributed by atoms with Gasteiger partial charge < -0.3 is 10.4 Å². The molecule has 0 aromatic carbocycles. The first-order valence-electron chi connectivity index (χ1n) is 4.64. The lowest BCUT2D eigenvalue weighted by molar-refractivity contribution is 0.0936. The van der Waals surface area contributed by atoms with E-state index < -0.39 is 0 Å². The van der Waals surface area contributed by atoms with Gasteiger partial charge in [-0.3, -0.25) is 9.89 Å². The van der Waals surface area contributed by atoms with Crippen LogP contribution in [-0.4, -0.2) is 33.9 Å². The van der Waals surface area contributed by atoms with E-state index >= 15 is 0 Å². The van der Waals surface area contributed by atoms with E-state index in [-0.39, 0.29) is 18.6 Å². The molecule has 0 aliphatic carbocycles. The summed E-state index contributed by atoms with van der Waals surface area (Å²) in [6.07, 6.45) is 4.51. The van der Waals surface area contributed by atoms with Crippen molar-refractivity contribution in [1.82, 2.24) is 15.5 Å². The fourth-order valence-corrected chi connectivity index (χ4v) is 1.15. The largest absolute Gasteiger partial charge is 0.396 e. The average molecular weight is 197 g/mol. The topological polar surface area (TPSA) is 78.0 Å². The lowest BCUT2D eigenvalue weighted by Crippen LogP contribution is -2.32. The molecule has 14 heavy (non-hydrogen) atoms. The number of nitrogens with zero attached hydrogens (tertiary/aromatic N) is 1. The van der Waals surface area contributed by atoms with Gasteiger partial charge in [-0.1, -0.05) is 0 Å². The molecule has 1 aromatic rings. The van der Waals surface area contributed by atoms with Gasteiger partial charge in [0.05, 0.1) is 11.8 Å². The van der Waals surface area contributed by atoms with Crippen molar-refractivity contribution in [2.24, 2.45) is 0 Å². The van der Waals surface area contributed by atoms with Crippen molar-refractivity contribution >= 4 is 5.91 Å². The Kier molecular flexibility index (Phi) is 4.12. The van der Waals surface area contributed by atoms with Crippen molar-refractivity contribution in [2.45, 2.75) is 25.8 Å². The molecule has 0 spiro atoms. The Hall–Kier alpha value is -1.36. The van der Waals surface area contributed by atoms with Crippen LogP contribution in [0.3, 0.4) is 0 Å². The van der Waals surface area contributed by atoms with E-state index in [4.69, 9.17) is 5.11 Å². The number of hydrogen-bond donors (Lipinski definition) is 3. The van der Waals surface area contributed by atoms with Crippen LogP contribution >= 0.6 is 0 Å². The fourth-order valence-electron chi connectivity index (χ4n) is 1.15. The number of carbonyl (C=O) groups excluding carboxylic acids is 1. The predicted octanol–water partition coefficient (Wildman–Crippen LogP) is 0.300. The molecule has 0 saturated heterocycles. The normalized spacial score (nSPS) is 12.4. The second-order valence-electron chi connectivity index (χ2n) is 3.23. The molecule has 1 amide bonds. The molecule has 1 atom stereocenters. The Bertz CT molecular complexity index is 272. The summed E-state index contributed by atoms with van der Waals surface area (Å²) >= 11 is 0. The van der Waals surface area contributed by atoms with E-state index in [1.807, 2.05) is 6.92 Å². The molecule has 3 N–H and O–H groups in total. The molecule has 78 valence electrons. The fraction of sp³-hybridized carbons (Fsp3) is 0.556. The van der Waals surface area contributed by atoms with E-state index in [2.05, 4.69) is 15.5 Å². The van der Waals surface area contributed by atoms with Crippen LogP contribution < -0.4 is 5.32 Å². The van der Waals surface area contributed by atoms with Crippen molar-refractivity contribution in [2.75, 3.05) is 6.61 Å². The van der Waals surface area contributed by atoms with Crippen LogP contribution in [0.15, 0.2) is 12.4 Å². The van der Waals surface area contributed by atoms with Gasteiger partial charge in [0, 0.05) is 18.8 Å². The van der Waals surface area contributed by atoms with Crippen LogP contribution in [0.2, 0.25) is 0 Å². The van der Waals surface area contributed by atoms with Crippen molar-refractivity contribution in [3.63, 3.8) is 0 Å². The third-order valence-corrected chi connectivity index (χ3v) is 1.93. The molecule has 0 bridgehead atoms. The highest BCUT2D eigenvalue weighted by Gasteiger charge is 2.09. The third-order valence-electron chi connectivity index (χ3n) is 1.93. The first-order valence-corrected chi connectivity index (χ1v) is 4.64. The third kappa shape index (κ3) is 3.18. The molecule has 5 nitrogen and oxygen atoms in total. The van der Waals surface area contributed by atoms with Gasteiger partial charge in [-0.25, -0.2) is 0 Å². The Morgan fingerprint density at radius 2 is 2.57 bits per heavy atom. The van der Waals surface area contributed by atoms with Crippen LogP contribution in [0, 0.1) is 0 Å². The number of rotatable bonds is 5. The van der Waals surface area contributed by atoms with Crippen LogP contribution in [0.4, 0.5) is 0 Å². The summed E-state index contributed by atoms with van der Waals surface area (Å²) in [6, 6.07) is 0.0737. The first kappa shape index (κ1) is 10.7. The monoisotopic (exact) mass is 197 g/mol. The quantitative estimate of drug-likeness (QED) is 0.635. The highest BCUT2D eigenvalue weighted by atomic mass is 16.2. The van der Waals surface area contributed by atoms with Crippen LogP contribution in [0.25, 0.3) is 0 Å². The van der Waals surface area contributed by atoms with Gasteiger partial charge in [0.1, 0.15) is 0 Å². The molecule has 1 aromatic heterocycles. The van der Waals surface area contributed by atoms with Crippen LogP contribution in [0.5, 0.6) is 0 Å². The molecule has 0 aliphatic heterocycles. The predicted molar refractivity (Wildman–Crippen MR) is 51.8 cm³/mol. The Morgan fingerprint density at radius 1 is 1.79 bits per heavy atom. The number of aliphatic hydroxyl groups is 1. The van der Waals surface area contributed by atoms with Gasteiger partial charge in [-0.2, -0.15) is 5.10 Å². The van der Waals surface area contributed by atoms with Crippen LogP contribution in [-0.2, 0) is 0 Å². The molecule has 0 aliphatic rings. The number of aliphatic hydroxyl groups excluding tert-OH is 1. The first-order chi connectivity index (χ1) is 6.74. The lowest BCUT2D eigenvalue weighted by atomic mass is 10.2. The molecule has 0 fully saturated rings. The van der Waals surface area contributed by atoms with E-state index in [1.165, 1.54) is 6.20 Å². The van der Waals surface area contributed by atoms with Gasteiger partial charge in [0.25, 0.3) is 5.91 Å². The second kappa shape index (κ2) is 5.39. The summed E-state index contributed by atoms with van der Waals surface area (Å²) in [5, 5.41) is 17.7. The molecular formula is C9H15N3O2.